The standard InChI is InChI=1S/C18H20FN5O3S2.ClH/c1-21-29(26,27)16-4-2-3-14(7-16)17-6-5-15(28-17)11-23-12-22-24(18(23)25)10-13(8-19)9-20;/h2-8,12,21H,9-11,20H2,1H3;1H/b13-8+;. The Labute approximate surface area is 183 Å². The summed E-state index contributed by atoms with van der Waals surface area (Å²) in [5.74, 6) is 0. The van der Waals surface area contributed by atoms with Crippen LogP contribution in [0.15, 0.2) is 64.3 Å². The summed E-state index contributed by atoms with van der Waals surface area (Å²) in [6, 6.07) is 10.4. The monoisotopic (exact) mass is 473 g/mol. The SMILES string of the molecule is CNS(=O)(=O)c1cccc(-c2ccc(Cn3cnn(C/C(=C/F)CN)c3=O)s2)c1.Cl. The lowest BCUT2D eigenvalue weighted by atomic mass is 10.2. The zero-order valence-corrected chi connectivity index (χ0v) is 18.4. The molecular weight excluding hydrogens is 453 g/mol. The van der Waals surface area contributed by atoms with E-state index in [2.05, 4.69) is 9.82 Å². The average Bonchev–Trinajstić information content (AvgIpc) is 3.34. The van der Waals surface area contributed by atoms with E-state index in [-0.39, 0.29) is 41.7 Å². The molecule has 0 radical (unpaired) electrons. The van der Waals surface area contributed by atoms with Crippen molar-refractivity contribution in [3.05, 3.63) is 70.0 Å². The number of nitrogens with one attached hydrogen (secondary N) is 1. The number of halogens is 2. The van der Waals surface area contributed by atoms with Gasteiger partial charge in [-0.1, -0.05) is 12.1 Å². The number of aromatic nitrogens is 3. The summed E-state index contributed by atoms with van der Waals surface area (Å²) >= 11 is 1.45. The number of sulfonamides is 1. The van der Waals surface area contributed by atoms with Crippen LogP contribution in [0.25, 0.3) is 10.4 Å². The molecular formula is C18H21ClFN5O3S2. The predicted molar refractivity (Wildman–Crippen MR) is 117 cm³/mol. The number of hydrogen-bond acceptors (Lipinski definition) is 6. The van der Waals surface area contributed by atoms with Crippen LogP contribution < -0.4 is 16.1 Å². The fraction of sp³-hybridized carbons (Fsp3) is 0.222. The summed E-state index contributed by atoms with van der Waals surface area (Å²) in [5.41, 5.74) is 6.09. The van der Waals surface area contributed by atoms with Gasteiger partial charge in [0.2, 0.25) is 10.0 Å². The largest absolute Gasteiger partial charge is 0.346 e. The predicted octanol–water partition coefficient (Wildman–Crippen LogP) is 1.96. The fourth-order valence-corrected chi connectivity index (χ4v) is 4.42. The maximum absolute atomic E-state index is 12.7. The highest BCUT2D eigenvalue weighted by atomic mass is 35.5. The van der Waals surface area contributed by atoms with Crippen molar-refractivity contribution in [2.75, 3.05) is 13.6 Å². The Kier molecular flexibility index (Phi) is 8.10. The summed E-state index contributed by atoms with van der Waals surface area (Å²) in [7, 11) is -2.17. The topological polar surface area (TPSA) is 112 Å². The smallest absolute Gasteiger partial charge is 0.327 e. The fourth-order valence-electron chi connectivity index (χ4n) is 2.64. The maximum atomic E-state index is 12.7. The van der Waals surface area contributed by atoms with Gasteiger partial charge in [-0.05, 0) is 42.4 Å². The second-order valence-corrected chi connectivity index (χ2v) is 9.23. The van der Waals surface area contributed by atoms with Crippen molar-refractivity contribution in [1.82, 2.24) is 19.1 Å². The molecule has 2 heterocycles. The van der Waals surface area contributed by atoms with Crippen LogP contribution in [0.4, 0.5) is 4.39 Å². The van der Waals surface area contributed by atoms with E-state index in [0.29, 0.717) is 12.9 Å². The van der Waals surface area contributed by atoms with Gasteiger partial charge in [0.15, 0.2) is 0 Å². The first-order chi connectivity index (χ1) is 13.9. The lowest BCUT2D eigenvalue weighted by Gasteiger charge is -2.04. The number of rotatable bonds is 8. The van der Waals surface area contributed by atoms with Gasteiger partial charge in [0.25, 0.3) is 0 Å². The van der Waals surface area contributed by atoms with E-state index >= 15 is 0 Å². The molecule has 0 fully saturated rings. The number of hydrogen-bond donors (Lipinski definition) is 2. The van der Waals surface area contributed by atoms with Crippen molar-refractivity contribution >= 4 is 33.8 Å². The van der Waals surface area contributed by atoms with E-state index < -0.39 is 10.0 Å². The van der Waals surface area contributed by atoms with Crippen molar-refractivity contribution in [2.24, 2.45) is 5.73 Å². The Morgan fingerprint density at radius 1 is 1.33 bits per heavy atom. The van der Waals surface area contributed by atoms with Gasteiger partial charge in [-0.3, -0.25) is 4.57 Å². The Morgan fingerprint density at radius 2 is 2.10 bits per heavy atom. The molecule has 0 aliphatic rings. The third kappa shape index (κ3) is 5.24. The van der Waals surface area contributed by atoms with E-state index in [4.69, 9.17) is 5.73 Å². The minimum absolute atomic E-state index is 0. The summed E-state index contributed by atoms with van der Waals surface area (Å²) in [5, 5.41) is 4.00. The van der Waals surface area contributed by atoms with Crippen LogP contribution in [-0.4, -0.2) is 36.4 Å². The maximum Gasteiger partial charge on any atom is 0.346 e. The summed E-state index contributed by atoms with van der Waals surface area (Å²) in [6.07, 6.45) is 1.79. The number of nitrogens with zero attached hydrogens (tertiary/aromatic N) is 3. The molecule has 0 aliphatic carbocycles. The highest BCUT2D eigenvalue weighted by Crippen LogP contribution is 2.29. The second kappa shape index (κ2) is 10.1. The highest BCUT2D eigenvalue weighted by molar-refractivity contribution is 7.89. The zero-order valence-electron chi connectivity index (χ0n) is 16.0. The van der Waals surface area contributed by atoms with Gasteiger partial charge in [-0.25, -0.2) is 27.0 Å². The molecule has 162 valence electrons. The summed E-state index contributed by atoms with van der Waals surface area (Å²) in [4.78, 5) is 14.4. The van der Waals surface area contributed by atoms with Gasteiger partial charge in [0, 0.05) is 16.3 Å². The zero-order chi connectivity index (χ0) is 21.0. The van der Waals surface area contributed by atoms with E-state index in [1.165, 1.54) is 35.3 Å². The molecule has 0 amide bonds. The van der Waals surface area contributed by atoms with E-state index in [1.54, 1.807) is 12.1 Å². The van der Waals surface area contributed by atoms with Gasteiger partial charge in [-0.15, -0.1) is 23.7 Å². The molecule has 0 saturated heterocycles. The van der Waals surface area contributed by atoms with E-state index in [9.17, 15) is 17.6 Å². The lowest BCUT2D eigenvalue weighted by Crippen LogP contribution is -2.26. The van der Waals surface area contributed by atoms with Crippen LogP contribution in [0.5, 0.6) is 0 Å². The average molecular weight is 474 g/mol. The quantitative estimate of drug-likeness (QED) is 0.519. The lowest BCUT2D eigenvalue weighted by molar-refractivity contribution is 0.588. The number of benzene rings is 1. The van der Waals surface area contributed by atoms with E-state index in [0.717, 1.165) is 20.0 Å². The molecule has 0 aliphatic heterocycles. The Hall–Kier alpha value is -2.31. The molecule has 0 atom stereocenters. The van der Waals surface area contributed by atoms with Crippen molar-refractivity contribution in [3.8, 4) is 10.4 Å². The van der Waals surface area contributed by atoms with Crippen molar-refractivity contribution < 1.29 is 12.8 Å². The number of thiophene rings is 1. The third-order valence-electron chi connectivity index (χ3n) is 4.25. The van der Waals surface area contributed by atoms with Gasteiger partial charge < -0.3 is 5.73 Å². The molecule has 1 aromatic carbocycles. The third-order valence-corrected chi connectivity index (χ3v) is 6.78. The molecule has 12 heteroatoms. The molecule has 30 heavy (non-hydrogen) atoms. The minimum atomic E-state index is -3.53. The van der Waals surface area contributed by atoms with Gasteiger partial charge in [0.1, 0.15) is 6.33 Å². The van der Waals surface area contributed by atoms with Crippen molar-refractivity contribution in [1.29, 1.82) is 0 Å². The van der Waals surface area contributed by atoms with Gasteiger partial charge in [0.05, 0.1) is 24.3 Å². The molecule has 3 aromatic rings. The van der Waals surface area contributed by atoms with Crippen LogP contribution in [-0.2, 0) is 23.1 Å². The molecule has 0 saturated carbocycles. The summed E-state index contributed by atoms with van der Waals surface area (Å²) < 4.78 is 41.6. The Bertz CT molecular complexity index is 1200. The minimum Gasteiger partial charge on any atom is -0.327 e. The normalized spacial score (nSPS) is 12.0. The molecule has 0 bridgehead atoms. The first-order valence-electron chi connectivity index (χ1n) is 8.61. The van der Waals surface area contributed by atoms with Crippen molar-refractivity contribution in [2.45, 2.75) is 18.0 Å². The van der Waals surface area contributed by atoms with Crippen LogP contribution in [0.2, 0.25) is 0 Å². The molecule has 0 unspecified atom stereocenters. The molecule has 0 spiro atoms. The first-order valence-corrected chi connectivity index (χ1v) is 10.9. The summed E-state index contributed by atoms with van der Waals surface area (Å²) in [6.45, 7) is 0.309. The molecule has 3 rings (SSSR count). The van der Waals surface area contributed by atoms with Crippen LogP contribution >= 0.6 is 23.7 Å². The Morgan fingerprint density at radius 3 is 2.77 bits per heavy atom. The molecule has 3 N–H and O–H groups in total. The van der Waals surface area contributed by atoms with Crippen LogP contribution in [0.1, 0.15) is 4.88 Å². The van der Waals surface area contributed by atoms with Crippen molar-refractivity contribution in [3.63, 3.8) is 0 Å². The van der Waals surface area contributed by atoms with Gasteiger partial charge in [-0.2, -0.15) is 5.10 Å². The molecule has 8 nitrogen and oxygen atoms in total. The molecule has 2 aromatic heterocycles. The second-order valence-electron chi connectivity index (χ2n) is 6.17. The van der Waals surface area contributed by atoms with Crippen LogP contribution in [0, 0.1) is 0 Å². The highest BCUT2D eigenvalue weighted by Gasteiger charge is 2.13. The van der Waals surface area contributed by atoms with Gasteiger partial charge >= 0.3 is 5.69 Å². The first kappa shape index (κ1) is 24.0. The van der Waals surface area contributed by atoms with Crippen LogP contribution in [0.3, 0.4) is 0 Å². The van der Waals surface area contributed by atoms with E-state index in [1.807, 2.05) is 18.2 Å². The Balaban J connectivity index is 0.00000320. The number of nitrogens with two attached hydrogens (primary N) is 1.